The summed E-state index contributed by atoms with van der Waals surface area (Å²) < 4.78 is 116. The molecule has 0 fully saturated rings. The molecule has 0 aliphatic carbocycles. The van der Waals surface area contributed by atoms with E-state index in [2.05, 4.69) is 0 Å². The summed E-state index contributed by atoms with van der Waals surface area (Å²) in [7, 11) is 0. The number of alkyl halides is 9. The maximum atomic E-state index is 13.1. The van der Waals surface area contributed by atoms with Crippen molar-refractivity contribution in [1.29, 1.82) is 0 Å². The summed E-state index contributed by atoms with van der Waals surface area (Å²) in [5.41, 5.74) is -5.86. The second-order valence-corrected chi connectivity index (χ2v) is 5.28. The van der Waals surface area contributed by atoms with Crippen molar-refractivity contribution in [3.63, 3.8) is 0 Å². The van der Waals surface area contributed by atoms with E-state index >= 15 is 0 Å². The number of hydrogen-bond donors (Lipinski definition) is 0. The van der Waals surface area contributed by atoms with Gasteiger partial charge in [-0.3, -0.25) is 0 Å². The van der Waals surface area contributed by atoms with Gasteiger partial charge in [-0.1, -0.05) is 12.1 Å². The van der Waals surface area contributed by atoms with Gasteiger partial charge in [-0.25, -0.2) is 0 Å². The molecule has 9 heteroatoms. The average Bonchev–Trinajstić information content (AvgIpc) is 2.44. The monoisotopic (exact) mass is 372 g/mol. The molecule has 2 aromatic rings. The first-order valence-corrected chi connectivity index (χ1v) is 6.68. The molecule has 0 aliphatic rings. The van der Waals surface area contributed by atoms with Crippen molar-refractivity contribution in [2.75, 3.05) is 0 Å². The highest BCUT2D eigenvalue weighted by Gasteiger charge is 2.38. The highest BCUT2D eigenvalue weighted by Crippen LogP contribution is 2.42. The molecule has 0 spiro atoms. The minimum atomic E-state index is -5.03. The Morgan fingerprint density at radius 3 is 1.64 bits per heavy atom. The fraction of sp³-hybridized carbons (Fsp3) is 0.250. The van der Waals surface area contributed by atoms with Crippen LogP contribution < -0.4 is 0 Å². The van der Waals surface area contributed by atoms with E-state index in [1.807, 2.05) is 0 Å². The van der Waals surface area contributed by atoms with Gasteiger partial charge in [0.05, 0.1) is 16.7 Å². The highest BCUT2D eigenvalue weighted by molar-refractivity contribution is 5.70. The Bertz CT molecular complexity index is 780. The molecule has 0 amide bonds. The van der Waals surface area contributed by atoms with Crippen LogP contribution in [0.25, 0.3) is 11.1 Å². The van der Waals surface area contributed by atoms with Crippen LogP contribution in [0.1, 0.15) is 22.3 Å². The predicted octanol–water partition coefficient (Wildman–Crippen LogP) is 6.72. The molecule has 0 atom stereocenters. The topological polar surface area (TPSA) is 0 Å². The van der Waals surface area contributed by atoms with Crippen molar-refractivity contribution in [3.05, 3.63) is 58.7 Å². The summed E-state index contributed by atoms with van der Waals surface area (Å²) in [6.45, 7) is 1.10. The third kappa shape index (κ3) is 4.08. The third-order valence-electron chi connectivity index (χ3n) is 3.51. The van der Waals surface area contributed by atoms with Crippen LogP contribution >= 0.6 is 0 Å². The van der Waals surface area contributed by atoms with Crippen molar-refractivity contribution in [3.8, 4) is 11.1 Å². The predicted molar refractivity (Wildman–Crippen MR) is 71.6 cm³/mol. The zero-order chi connectivity index (χ0) is 19.2. The first kappa shape index (κ1) is 19.1. The lowest BCUT2D eigenvalue weighted by atomic mass is 9.94. The summed E-state index contributed by atoms with van der Waals surface area (Å²) in [6.07, 6.45) is -14.8. The van der Waals surface area contributed by atoms with E-state index in [9.17, 15) is 39.5 Å². The fourth-order valence-corrected chi connectivity index (χ4v) is 2.30. The van der Waals surface area contributed by atoms with Crippen LogP contribution in [-0.2, 0) is 18.5 Å². The van der Waals surface area contributed by atoms with Crippen LogP contribution in [0.5, 0.6) is 0 Å². The normalized spacial score (nSPS) is 13.2. The van der Waals surface area contributed by atoms with Crippen LogP contribution in [-0.4, -0.2) is 0 Å². The van der Waals surface area contributed by atoms with Gasteiger partial charge in [0.25, 0.3) is 0 Å². The fourth-order valence-electron chi connectivity index (χ4n) is 2.30. The van der Waals surface area contributed by atoms with Crippen molar-refractivity contribution < 1.29 is 39.5 Å². The molecule has 0 nitrogen and oxygen atoms in total. The Kier molecular flexibility index (Phi) is 4.56. The van der Waals surface area contributed by atoms with E-state index in [1.54, 1.807) is 0 Å². The lowest BCUT2D eigenvalue weighted by Crippen LogP contribution is -2.12. The lowest BCUT2D eigenvalue weighted by Gasteiger charge is -2.18. The van der Waals surface area contributed by atoms with Crippen LogP contribution in [0.4, 0.5) is 39.5 Å². The van der Waals surface area contributed by atoms with Gasteiger partial charge >= 0.3 is 18.5 Å². The van der Waals surface area contributed by atoms with E-state index in [-0.39, 0.29) is 23.8 Å². The van der Waals surface area contributed by atoms with E-state index in [4.69, 9.17) is 0 Å². The van der Waals surface area contributed by atoms with Crippen LogP contribution in [0.15, 0.2) is 36.4 Å². The minimum absolute atomic E-state index is 0.202. The van der Waals surface area contributed by atoms with Gasteiger partial charge < -0.3 is 0 Å². The van der Waals surface area contributed by atoms with E-state index in [0.717, 1.165) is 19.1 Å². The van der Waals surface area contributed by atoms with Crippen LogP contribution in [0, 0.1) is 6.92 Å². The second-order valence-electron chi connectivity index (χ2n) is 5.28. The van der Waals surface area contributed by atoms with Crippen molar-refractivity contribution in [1.82, 2.24) is 0 Å². The SMILES string of the molecule is Cc1ccc(-c2cc(C(F)(F)F)ccc2C(F)(F)F)cc1C(F)(F)F. The lowest BCUT2D eigenvalue weighted by molar-refractivity contribution is -0.141. The molecule has 136 valence electrons. The largest absolute Gasteiger partial charge is 0.417 e. The summed E-state index contributed by atoms with van der Waals surface area (Å²) in [5.74, 6) is 0. The molecule has 0 unspecified atom stereocenters. The molecule has 0 saturated carbocycles. The van der Waals surface area contributed by atoms with E-state index in [1.165, 1.54) is 0 Å². The molecular weight excluding hydrogens is 363 g/mol. The molecule has 0 heterocycles. The summed E-state index contributed by atoms with van der Waals surface area (Å²) >= 11 is 0. The minimum Gasteiger partial charge on any atom is -0.166 e. The number of halogens is 9. The zero-order valence-electron chi connectivity index (χ0n) is 12.4. The molecule has 0 bridgehead atoms. The van der Waals surface area contributed by atoms with Gasteiger partial charge in [-0.2, -0.15) is 39.5 Å². The number of hydrogen-bond acceptors (Lipinski definition) is 0. The summed E-state index contributed by atoms with van der Waals surface area (Å²) in [6, 6.07) is 2.91. The molecule has 25 heavy (non-hydrogen) atoms. The molecule has 2 rings (SSSR count). The van der Waals surface area contributed by atoms with Crippen molar-refractivity contribution in [2.45, 2.75) is 25.5 Å². The number of rotatable bonds is 1. The number of aryl methyl sites for hydroxylation is 1. The molecule has 0 radical (unpaired) electrons. The molecule has 0 N–H and O–H groups in total. The van der Waals surface area contributed by atoms with Gasteiger partial charge in [0.1, 0.15) is 0 Å². The molecule has 0 aromatic heterocycles. The molecular formula is C16H9F9. The Balaban J connectivity index is 2.76. The molecule has 0 saturated heterocycles. The van der Waals surface area contributed by atoms with Gasteiger partial charge in [0, 0.05) is 0 Å². The first-order valence-electron chi connectivity index (χ1n) is 6.68. The Morgan fingerprint density at radius 1 is 0.600 bits per heavy atom. The number of benzene rings is 2. The van der Waals surface area contributed by atoms with Gasteiger partial charge in [0.15, 0.2) is 0 Å². The summed E-state index contributed by atoms with van der Waals surface area (Å²) in [4.78, 5) is 0. The zero-order valence-corrected chi connectivity index (χ0v) is 12.4. The third-order valence-corrected chi connectivity index (χ3v) is 3.51. The second kappa shape index (κ2) is 5.96. The van der Waals surface area contributed by atoms with Crippen LogP contribution in [0.2, 0.25) is 0 Å². The first-order chi connectivity index (χ1) is 11.2. The smallest absolute Gasteiger partial charge is 0.166 e. The highest BCUT2D eigenvalue weighted by atomic mass is 19.4. The van der Waals surface area contributed by atoms with E-state index < -0.39 is 46.3 Å². The van der Waals surface area contributed by atoms with Crippen molar-refractivity contribution in [2.24, 2.45) is 0 Å². The quantitative estimate of drug-likeness (QED) is 0.488. The average molecular weight is 372 g/mol. The maximum Gasteiger partial charge on any atom is 0.417 e. The van der Waals surface area contributed by atoms with Gasteiger partial charge in [-0.15, -0.1) is 0 Å². The van der Waals surface area contributed by atoms with Gasteiger partial charge in [-0.05, 0) is 47.9 Å². The molecule has 0 aliphatic heterocycles. The van der Waals surface area contributed by atoms with Crippen molar-refractivity contribution >= 4 is 0 Å². The molecule has 2 aromatic carbocycles. The van der Waals surface area contributed by atoms with Gasteiger partial charge in [0.2, 0.25) is 0 Å². The Morgan fingerprint density at radius 2 is 1.16 bits per heavy atom. The standard InChI is InChI=1S/C16H9F9/c1-8-2-3-9(6-13(8)16(23,24)25)11-7-10(14(17,18)19)4-5-12(11)15(20,21)22/h2-7H,1H3. The summed E-state index contributed by atoms with van der Waals surface area (Å²) in [5, 5.41) is 0. The van der Waals surface area contributed by atoms with E-state index in [0.29, 0.717) is 6.07 Å². The Labute approximate surface area is 135 Å². The van der Waals surface area contributed by atoms with Crippen LogP contribution in [0.3, 0.4) is 0 Å². The maximum absolute atomic E-state index is 13.1. The Hall–Kier alpha value is -2.19.